The van der Waals surface area contributed by atoms with E-state index in [1.165, 1.54) is 0 Å². The van der Waals surface area contributed by atoms with E-state index >= 15 is 0 Å². The molecule has 3 aromatic heterocycles. The molecule has 1 saturated heterocycles. The van der Waals surface area contributed by atoms with Crippen LogP contribution < -0.4 is 4.90 Å². The average Bonchev–Trinajstić information content (AvgIpc) is 3.46. The lowest BCUT2D eigenvalue weighted by Crippen LogP contribution is -2.48. The fourth-order valence-corrected chi connectivity index (χ4v) is 4.05. The summed E-state index contributed by atoms with van der Waals surface area (Å²) in [6.07, 6.45) is 2.30. The first kappa shape index (κ1) is 22.3. The van der Waals surface area contributed by atoms with Gasteiger partial charge in [0.05, 0.1) is 5.02 Å². The first-order valence-corrected chi connectivity index (χ1v) is 11.5. The fraction of sp³-hybridized carbons (Fsp3) is 0.375. The Bertz CT molecular complexity index is 1320. The normalized spacial score (nSPS) is 14.7. The molecule has 0 N–H and O–H groups in total. The summed E-state index contributed by atoms with van der Waals surface area (Å²) in [5.41, 5.74) is 2.45. The lowest BCUT2D eigenvalue weighted by molar-refractivity contribution is 0.0745. The Morgan fingerprint density at radius 3 is 2.47 bits per heavy atom. The molecule has 0 atom stereocenters. The van der Waals surface area contributed by atoms with Crippen molar-refractivity contribution in [1.29, 1.82) is 0 Å². The molecule has 1 amide bonds. The molecule has 1 aliphatic rings. The Hall–Kier alpha value is -3.46. The van der Waals surface area contributed by atoms with Crippen LogP contribution in [-0.4, -0.2) is 57.1 Å². The van der Waals surface area contributed by atoms with Crippen molar-refractivity contribution in [2.75, 3.05) is 31.1 Å². The highest BCUT2D eigenvalue weighted by molar-refractivity contribution is 6.34. The molecule has 0 unspecified atom stereocenters. The van der Waals surface area contributed by atoms with Crippen molar-refractivity contribution in [3.63, 3.8) is 0 Å². The molecule has 0 bridgehead atoms. The molecule has 176 valence electrons. The second-order valence-corrected chi connectivity index (χ2v) is 9.95. The predicted octanol–water partition coefficient (Wildman–Crippen LogP) is 4.48. The lowest BCUT2D eigenvalue weighted by atomic mass is 9.92. The second kappa shape index (κ2) is 8.72. The molecule has 0 radical (unpaired) electrons. The van der Waals surface area contributed by atoms with Gasteiger partial charge in [-0.25, -0.2) is 4.98 Å². The summed E-state index contributed by atoms with van der Waals surface area (Å²) in [6.45, 7) is 8.69. The van der Waals surface area contributed by atoms with Crippen LogP contribution in [0.4, 0.5) is 6.01 Å². The number of hydrogen-bond donors (Lipinski definition) is 0. The van der Waals surface area contributed by atoms with Crippen molar-refractivity contribution in [2.45, 2.75) is 27.2 Å². The van der Waals surface area contributed by atoms with Crippen LogP contribution in [0.5, 0.6) is 0 Å². The Morgan fingerprint density at radius 1 is 1.06 bits per heavy atom. The predicted molar refractivity (Wildman–Crippen MR) is 128 cm³/mol. The maximum atomic E-state index is 13.0. The van der Waals surface area contributed by atoms with E-state index in [-0.39, 0.29) is 11.3 Å². The summed E-state index contributed by atoms with van der Waals surface area (Å²) in [5.74, 6) is 1.12. The second-order valence-electron chi connectivity index (χ2n) is 9.55. The minimum absolute atomic E-state index is 0.0185. The van der Waals surface area contributed by atoms with E-state index in [9.17, 15) is 4.79 Å². The fourth-order valence-electron chi connectivity index (χ4n) is 3.87. The van der Waals surface area contributed by atoms with Crippen LogP contribution in [0.3, 0.4) is 0 Å². The molecule has 9 nitrogen and oxygen atoms in total. The zero-order valence-electron chi connectivity index (χ0n) is 19.3. The maximum absolute atomic E-state index is 13.0. The molecule has 34 heavy (non-hydrogen) atoms. The molecule has 1 fully saturated rings. The average molecular weight is 481 g/mol. The van der Waals surface area contributed by atoms with Crippen molar-refractivity contribution in [3.8, 4) is 11.4 Å². The van der Waals surface area contributed by atoms with Gasteiger partial charge in [-0.15, -0.1) is 0 Å². The van der Waals surface area contributed by atoms with Gasteiger partial charge < -0.3 is 18.7 Å². The number of benzene rings is 1. The third-order valence-electron chi connectivity index (χ3n) is 5.61. The summed E-state index contributed by atoms with van der Waals surface area (Å²) in [7, 11) is 0. The van der Waals surface area contributed by atoms with Gasteiger partial charge in [-0.3, -0.25) is 4.79 Å². The number of pyridine rings is 1. The number of rotatable bonds is 4. The van der Waals surface area contributed by atoms with Gasteiger partial charge in [-0.2, -0.15) is 9.97 Å². The van der Waals surface area contributed by atoms with Gasteiger partial charge in [0, 0.05) is 49.9 Å². The van der Waals surface area contributed by atoms with Crippen LogP contribution in [0, 0.1) is 5.41 Å². The Balaban J connectivity index is 1.22. The van der Waals surface area contributed by atoms with E-state index in [1.54, 1.807) is 24.4 Å². The van der Waals surface area contributed by atoms with Crippen molar-refractivity contribution in [2.24, 2.45) is 5.41 Å². The molecule has 10 heteroatoms. The minimum atomic E-state index is -0.0185. The Labute approximate surface area is 201 Å². The minimum Gasteiger partial charge on any atom is -0.420 e. The Kier molecular flexibility index (Phi) is 5.73. The van der Waals surface area contributed by atoms with Crippen molar-refractivity contribution >= 4 is 34.8 Å². The number of amides is 1. The molecular weight excluding hydrogens is 456 g/mol. The molecule has 5 rings (SSSR count). The van der Waals surface area contributed by atoms with E-state index in [2.05, 4.69) is 40.9 Å². The summed E-state index contributed by atoms with van der Waals surface area (Å²) in [6, 6.07) is 9.45. The summed E-state index contributed by atoms with van der Waals surface area (Å²) in [4.78, 5) is 30.0. The topological polar surface area (TPSA) is 101 Å². The maximum Gasteiger partial charge on any atom is 0.300 e. The number of carbonyl (C=O) groups excluding carboxylic acids is 1. The number of hydrogen-bond acceptors (Lipinski definition) is 8. The molecule has 1 aliphatic heterocycles. The van der Waals surface area contributed by atoms with Gasteiger partial charge in [0.1, 0.15) is 0 Å². The molecule has 0 aliphatic carbocycles. The molecule has 1 aromatic carbocycles. The molecular formula is C24H25ClN6O3. The standard InChI is InChI=1S/C24H25ClN6O3/c1-24(2,3)14-18-27-20(29-34-18)15-4-6-16(7-5-15)22(32)30-10-12-31(13-11-30)23-28-21-19(33-23)17(25)8-9-26-21/h4-9H,10-14H2,1-3H3. The Morgan fingerprint density at radius 2 is 1.79 bits per heavy atom. The molecule has 0 saturated carbocycles. The number of fused-ring (bicyclic) bond motifs is 1. The summed E-state index contributed by atoms with van der Waals surface area (Å²) in [5, 5.41) is 4.56. The van der Waals surface area contributed by atoms with Crippen LogP contribution in [0.15, 0.2) is 45.5 Å². The van der Waals surface area contributed by atoms with E-state index in [1.807, 2.05) is 21.9 Å². The number of aromatic nitrogens is 4. The van der Waals surface area contributed by atoms with Crippen molar-refractivity contribution in [1.82, 2.24) is 25.0 Å². The first-order valence-electron chi connectivity index (χ1n) is 11.2. The quantitative estimate of drug-likeness (QED) is 0.421. The van der Waals surface area contributed by atoms with Crippen LogP contribution in [0.25, 0.3) is 22.6 Å². The van der Waals surface area contributed by atoms with E-state index in [0.717, 1.165) is 5.56 Å². The number of halogens is 1. The smallest absolute Gasteiger partial charge is 0.300 e. The van der Waals surface area contributed by atoms with Crippen LogP contribution in [0.2, 0.25) is 5.02 Å². The van der Waals surface area contributed by atoms with Gasteiger partial charge in [0.2, 0.25) is 17.4 Å². The summed E-state index contributed by atoms with van der Waals surface area (Å²) >= 11 is 6.16. The van der Waals surface area contributed by atoms with Gasteiger partial charge in [-0.1, -0.05) is 49.7 Å². The number of nitrogens with zero attached hydrogens (tertiary/aromatic N) is 6. The SMILES string of the molecule is CC(C)(C)Cc1nc(-c2ccc(C(=O)N3CCN(c4nc5nccc(Cl)c5o4)CC3)cc2)no1. The largest absolute Gasteiger partial charge is 0.420 e. The number of carbonyl (C=O) groups is 1. The summed E-state index contributed by atoms with van der Waals surface area (Å²) < 4.78 is 11.2. The number of oxazole rings is 1. The van der Waals surface area contributed by atoms with Gasteiger partial charge in [0.15, 0.2) is 5.58 Å². The third kappa shape index (κ3) is 4.61. The molecule has 0 spiro atoms. The number of piperazine rings is 1. The van der Waals surface area contributed by atoms with Crippen LogP contribution >= 0.6 is 11.6 Å². The van der Waals surface area contributed by atoms with E-state index in [0.29, 0.717) is 72.1 Å². The zero-order chi connectivity index (χ0) is 23.9. The van der Waals surface area contributed by atoms with Gasteiger partial charge >= 0.3 is 0 Å². The van der Waals surface area contributed by atoms with E-state index in [4.69, 9.17) is 20.5 Å². The first-order chi connectivity index (χ1) is 16.3. The van der Waals surface area contributed by atoms with Gasteiger partial charge in [0.25, 0.3) is 11.9 Å². The highest BCUT2D eigenvalue weighted by Gasteiger charge is 2.25. The lowest BCUT2D eigenvalue weighted by Gasteiger charge is -2.33. The van der Waals surface area contributed by atoms with Crippen molar-refractivity contribution in [3.05, 3.63) is 53.0 Å². The van der Waals surface area contributed by atoms with Crippen molar-refractivity contribution < 1.29 is 13.7 Å². The van der Waals surface area contributed by atoms with E-state index < -0.39 is 0 Å². The van der Waals surface area contributed by atoms with Gasteiger partial charge in [-0.05, 0) is 23.6 Å². The highest BCUT2D eigenvalue weighted by atomic mass is 35.5. The van der Waals surface area contributed by atoms with Crippen LogP contribution in [0.1, 0.15) is 37.0 Å². The zero-order valence-corrected chi connectivity index (χ0v) is 20.0. The third-order valence-corrected chi connectivity index (χ3v) is 5.91. The molecule has 4 heterocycles. The van der Waals surface area contributed by atoms with Crippen LogP contribution in [-0.2, 0) is 6.42 Å². The monoisotopic (exact) mass is 480 g/mol. The highest BCUT2D eigenvalue weighted by Crippen LogP contribution is 2.27. The molecule has 4 aromatic rings. The number of anilines is 1.